The first kappa shape index (κ1) is 34.7. The molecule has 0 bridgehead atoms. The summed E-state index contributed by atoms with van der Waals surface area (Å²) in [5, 5.41) is 27.1. The molecule has 0 aliphatic heterocycles. The number of azide groups is 1. The predicted molar refractivity (Wildman–Crippen MR) is 181 cm³/mol. The minimum Gasteiger partial charge on any atom is -0.253 e. The van der Waals surface area contributed by atoms with Crippen molar-refractivity contribution < 1.29 is 0 Å². The summed E-state index contributed by atoms with van der Waals surface area (Å²) in [6.45, 7) is 6.96. The van der Waals surface area contributed by atoms with Gasteiger partial charge in [0.1, 0.15) is 0 Å². The fraction of sp³-hybridized carbons (Fsp3) is 0.294. The Kier molecular flexibility index (Phi) is 15.8. The summed E-state index contributed by atoms with van der Waals surface area (Å²) in [5.41, 5.74) is 13.8. The fourth-order valence-electron chi connectivity index (χ4n) is 4.16. The van der Waals surface area contributed by atoms with E-state index in [1.807, 2.05) is 89.5 Å². The Morgan fingerprint density at radius 1 is 0.826 bits per heavy atom. The van der Waals surface area contributed by atoms with Crippen LogP contribution in [0.15, 0.2) is 108 Å². The second kappa shape index (κ2) is 21.0. The number of aryl methyl sites for hydroxylation is 3. The molecule has 12 heteroatoms. The summed E-state index contributed by atoms with van der Waals surface area (Å²) >= 11 is 0. The normalized spacial score (nSPS) is 10.9. The van der Waals surface area contributed by atoms with Gasteiger partial charge >= 0.3 is 0 Å². The molecule has 2 aromatic carbocycles. The lowest BCUT2D eigenvalue weighted by atomic mass is 10.1. The molecular formula is C34H40N12. The van der Waals surface area contributed by atoms with Gasteiger partial charge in [-0.2, -0.15) is 0 Å². The molecule has 0 unspecified atom stereocenters. The van der Waals surface area contributed by atoms with Crippen molar-refractivity contribution in [2.75, 3.05) is 6.54 Å². The van der Waals surface area contributed by atoms with Crippen molar-refractivity contribution in [1.29, 1.82) is 0 Å². The van der Waals surface area contributed by atoms with Gasteiger partial charge in [0.05, 0.1) is 24.6 Å². The molecule has 0 aliphatic rings. The third kappa shape index (κ3) is 14.6. The first-order chi connectivity index (χ1) is 22.6. The molecule has 0 atom stereocenters. The third-order valence-corrected chi connectivity index (χ3v) is 6.28. The second-order valence-electron chi connectivity index (χ2n) is 10.3. The molecule has 0 spiro atoms. The number of terminal acetylenes is 1. The Balaban J connectivity index is 0.000000211. The van der Waals surface area contributed by atoms with Crippen LogP contribution in [0.4, 0.5) is 0 Å². The SMILES string of the molecule is C#CCCCn1ccnn1.C/C(=C\c1ccccc1)CN=[N+]=[N-].C/C(=C\c1ccccc1)Cn1cc(CCCn2ccnn2)nn1. The number of rotatable bonds is 13. The Morgan fingerprint density at radius 2 is 1.41 bits per heavy atom. The van der Waals surface area contributed by atoms with E-state index in [1.54, 1.807) is 17.1 Å². The van der Waals surface area contributed by atoms with Crippen LogP contribution >= 0.6 is 0 Å². The molecule has 236 valence electrons. The largest absolute Gasteiger partial charge is 0.253 e. The average molecular weight is 617 g/mol. The zero-order valence-corrected chi connectivity index (χ0v) is 26.4. The second-order valence-corrected chi connectivity index (χ2v) is 10.3. The number of hydrogen-bond donors (Lipinski definition) is 0. The minimum absolute atomic E-state index is 0.436. The summed E-state index contributed by atoms with van der Waals surface area (Å²) in [4.78, 5) is 2.70. The number of nitrogens with zero attached hydrogens (tertiary/aromatic N) is 12. The standard InChI is InChI=1S/C17H20N6.C10H11N3.C7H9N3/c1-15(12-16-6-3-2-4-7-16)13-23-14-17(19-21-23)8-5-10-22-11-9-18-20-22;1-9(8-12-13-11)7-10-5-3-2-4-6-10;1-2-3-4-6-10-7-5-8-9-10/h2-4,6-7,9,11-12,14H,5,8,10,13H2,1H3;2-7H,8H2,1H3;1,5,7H,3-4,6H2/b15-12+;9-7+;. The van der Waals surface area contributed by atoms with Crippen LogP contribution in [-0.4, -0.2) is 51.5 Å². The van der Waals surface area contributed by atoms with E-state index in [0.717, 1.165) is 62.1 Å². The summed E-state index contributed by atoms with van der Waals surface area (Å²) in [5.74, 6) is 2.57. The van der Waals surface area contributed by atoms with E-state index in [4.69, 9.17) is 12.0 Å². The third-order valence-electron chi connectivity index (χ3n) is 6.28. The van der Waals surface area contributed by atoms with Crippen molar-refractivity contribution in [3.05, 3.63) is 130 Å². The molecule has 0 radical (unpaired) electrons. The molecule has 0 N–H and O–H groups in total. The number of hydrogen-bond acceptors (Lipinski definition) is 7. The van der Waals surface area contributed by atoms with Gasteiger partial charge in [-0.3, -0.25) is 9.36 Å². The number of benzene rings is 2. The molecule has 3 aromatic heterocycles. The van der Waals surface area contributed by atoms with Crippen molar-refractivity contribution in [1.82, 2.24) is 45.0 Å². The average Bonchev–Trinajstić information content (AvgIpc) is 3.87. The Labute approximate surface area is 270 Å². The molecule has 5 rings (SSSR count). The van der Waals surface area contributed by atoms with Crippen molar-refractivity contribution >= 4 is 12.2 Å². The smallest absolute Gasteiger partial charge is 0.0827 e. The van der Waals surface area contributed by atoms with Crippen LogP contribution in [0.1, 0.15) is 49.9 Å². The first-order valence-corrected chi connectivity index (χ1v) is 15.0. The molecule has 0 amide bonds. The molecule has 3 heterocycles. The Bertz CT molecular complexity index is 1660. The highest BCUT2D eigenvalue weighted by molar-refractivity contribution is 5.52. The minimum atomic E-state index is 0.436. The molecule has 46 heavy (non-hydrogen) atoms. The number of allylic oxidation sites excluding steroid dienone is 1. The molecule has 0 aliphatic carbocycles. The van der Waals surface area contributed by atoms with Crippen molar-refractivity contribution in [3.63, 3.8) is 0 Å². The fourth-order valence-corrected chi connectivity index (χ4v) is 4.16. The van der Waals surface area contributed by atoms with Crippen LogP contribution in [0.5, 0.6) is 0 Å². The maximum absolute atomic E-state index is 8.11. The van der Waals surface area contributed by atoms with Gasteiger partial charge in [-0.15, -0.1) is 27.6 Å². The molecule has 0 saturated carbocycles. The zero-order valence-electron chi connectivity index (χ0n) is 26.4. The Morgan fingerprint density at radius 3 is 1.96 bits per heavy atom. The summed E-state index contributed by atoms with van der Waals surface area (Å²) in [6.07, 6.45) is 22.0. The van der Waals surface area contributed by atoms with E-state index in [9.17, 15) is 0 Å². The first-order valence-electron chi connectivity index (χ1n) is 15.0. The summed E-state index contributed by atoms with van der Waals surface area (Å²) in [7, 11) is 0. The van der Waals surface area contributed by atoms with E-state index < -0.39 is 0 Å². The van der Waals surface area contributed by atoms with Gasteiger partial charge in [0, 0.05) is 49.6 Å². The molecule has 0 fully saturated rings. The quantitative estimate of drug-likeness (QED) is 0.0474. The van der Waals surface area contributed by atoms with E-state index in [2.05, 4.69) is 72.0 Å². The van der Waals surface area contributed by atoms with Gasteiger partial charge in [0.2, 0.25) is 0 Å². The van der Waals surface area contributed by atoms with Crippen LogP contribution in [0.2, 0.25) is 0 Å². The van der Waals surface area contributed by atoms with E-state index in [1.165, 1.54) is 11.1 Å². The summed E-state index contributed by atoms with van der Waals surface area (Å²) < 4.78 is 5.49. The molecule has 12 nitrogen and oxygen atoms in total. The van der Waals surface area contributed by atoms with Gasteiger partial charge in [-0.1, -0.05) is 105 Å². The van der Waals surface area contributed by atoms with Crippen molar-refractivity contribution in [3.8, 4) is 12.3 Å². The molecule has 5 aromatic rings. The van der Waals surface area contributed by atoms with E-state index in [-0.39, 0.29) is 0 Å². The van der Waals surface area contributed by atoms with Gasteiger partial charge in [-0.25, -0.2) is 4.68 Å². The topological polar surface area (TPSA) is 141 Å². The molecular weight excluding hydrogens is 576 g/mol. The highest BCUT2D eigenvalue weighted by Crippen LogP contribution is 2.09. The number of unbranched alkanes of at least 4 members (excludes halogenated alkanes) is 1. The summed E-state index contributed by atoms with van der Waals surface area (Å²) in [6, 6.07) is 20.3. The number of aromatic nitrogens is 9. The highest BCUT2D eigenvalue weighted by atomic mass is 15.4. The Hall–Kier alpha value is -5.79. The van der Waals surface area contributed by atoms with E-state index in [0.29, 0.717) is 6.54 Å². The van der Waals surface area contributed by atoms with E-state index >= 15 is 0 Å². The van der Waals surface area contributed by atoms with Crippen molar-refractivity contribution in [2.24, 2.45) is 5.11 Å². The van der Waals surface area contributed by atoms with Gasteiger partial charge < -0.3 is 0 Å². The monoisotopic (exact) mass is 616 g/mol. The predicted octanol–water partition coefficient (Wildman–Crippen LogP) is 6.70. The van der Waals surface area contributed by atoms with Crippen molar-refractivity contribution in [2.45, 2.75) is 59.2 Å². The molecule has 0 saturated heterocycles. The highest BCUT2D eigenvalue weighted by Gasteiger charge is 2.02. The lowest BCUT2D eigenvalue weighted by Gasteiger charge is -2.01. The lowest BCUT2D eigenvalue weighted by molar-refractivity contribution is 0.555. The van der Waals surface area contributed by atoms with Crippen LogP contribution < -0.4 is 0 Å². The maximum Gasteiger partial charge on any atom is 0.0827 e. The van der Waals surface area contributed by atoms with Crippen LogP contribution in [0, 0.1) is 12.3 Å². The van der Waals surface area contributed by atoms with Gasteiger partial charge in [-0.05, 0) is 49.8 Å². The maximum atomic E-state index is 8.11. The van der Waals surface area contributed by atoms with Crippen LogP contribution in [0.3, 0.4) is 0 Å². The van der Waals surface area contributed by atoms with Gasteiger partial charge in [0.25, 0.3) is 0 Å². The van der Waals surface area contributed by atoms with Gasteiger partial charge in [0.15, 0.2) is 0 Å². The van der Waals surface area contributed by atoms with Crippen LogP contribution in [-0.2, 0) is 26.1 Å². The van der Waals surface area contributed by atoms with Crippen LogP contribution in [0.25, 0.3) is 22.6 Å². The lowest BCUT2D eigenvalue weighted by Crippen LogP contribution is -2.01. The zero-order chi connectivity index (χ0) is 32.7.